The van der Waals surface area contributed by atoms with Gasteiger partial charge in [-0.2, -0.15) is 4.98 Å². The van der Waals surface area contributed by atoms with Gasteiger partial charge in [0.05, 0.1) is 6.54 Å². The second-order valence-corrected chi connectivity index (χ2v) is 10.2. The van der Waals surface area contributed by atoms with Gasteiger partial charge in [0.15, 0.2) is 0 Å². The van der Waals surface area contributed by atoms with Crippen LogP contribution in [0.4, 0.5) is 11.8 Å². The molecule has 2 aromatic rings. The summed E-state index contributed by atoms with van der Waals surface area (Å²) >= 11 is 0. The second-order valence-electron chi connectivity index (χ2n) is 10.2. The van der Waals surface area contributed by atoms with E-state index < -0.39 is 0 Å². The Kier molecular flexibility index (Phi) is 6.62. The highest BCUT2D eigenvalue weighted by atomic mass is 16.2. The second kappa shape index (κ2) is 9.84. The van der Waals surface area contributed by atoms with E-state index in [1.807, 2.05) is 9.80 Å². The molecule has 8 nitrogen and oxygen atoms in total. The first-order valence-electron chi connectivity index (χ1n) is 12.9. The first-order chi connectivity index (χ1) is 16.9. The number of piperidine rings is 1. The summed E-state index contributed by atoms with van der Waals surface area (Å²) in [6.45, 7) is 9.87. The molecule has 1 aromatic carbocycles. The van der Waals surface area contributed by atoms with Gasteiger partial charge in [-0.15, -0.1) is 0 Å². The van der Waals surface area contributed by atoms with Crippen LogP contribution in [-0.2, 0) is 17.8 Å². The van der Waals surface area contributed by atoms with Crippen molar-refractivity contribution in [1.29, 1.82) is 0 Å². The van der Waals surface area contributed by atoms with E-state index in [-0.39, 0.29) is 17.9 Å². The topological polar surface area (TPSA) is 72.9 Å². The minimum atomic E-state index is -0.00103. The molecule has 1 unspecified atom stereocenters. The van der Waals surface area contributed by atoms with Crippen LogP contribution >= 0.6 is 0 Å². The Morgan fingerprint density at radius 1 is 1.03 bits per heavy atom. The van der Waals surface area contributed by atoms with Crippen LogP contribution in [-0.4, -0.2) is 76.4 Å². The van der Waals surface area contributed by atoms with Crippen LogP contribution < -0.4 is 9.80 Å². The zero-order chi connectivity index (χ0) is 24.5. The summed E-state index contributed by atoms with van der Waals surface area (Å²) in [7, 11) is 0. The van der Waals surface area contributed by atoms with Crippen LogP contribution in [0.25, 0.3) is 0 Å². The number of rotatable bonds is 5. The van der Waals surface area contributed by atoms with Crippen molar-refractivity contribution in [1.82, 2.24) is 19.8 Å². The van der Waals surface area contributed by atoms with Crippen molar-refractivity contribution in [2.24, 2.45) is 0 Å². The number of benzene rings is 1. The Balaban J connectivity index is 1.51. The normalized spacial score (nSPS) is 20.6. The molecular weight excluding hydrogens is 440 g/mol. The molecule has 3 aliphatic heterocycles. The lowest BCUT2D eigenvalue weighted by Crippen LogP contribution is -2.49. The molecule has 0 spiro atoms. The van der Waals surface area contributed by atoms with Crippen LogP contribution in [0.3, 0.4) is 0 Å². The highest BCUT2D eigenvalue weighted by Crippen LogP contribution is 2.36. The first-order valence-corrected chi connectivity index (χ1v) is 12.9. The fourth-order valence-electron chi connectivity index (χ4n) is 5.56. The maximum absolute atomic E-state index is 13.4. The van der Waals surface area contributed by atoms with Gasteiger partial charge in [0.2, 0.25) is 11.9 Å². The molecule has 0 saturated carbocycles. The molecule has 0 aliphatic carbocycles. The highest BCUT2D eigenvalue weighted by Gasteiger charge is 2.38. The van der Waals surface area contributed by atoms with E-state index in [2.05, 4.69) is 54.0 Å². The molecule has 35 heavy (non-hydrogen) atoms. The van der Waals surface area contributed by atoms with E-state index in [9.17, 15) is 9.59 Å². The Labute approximate surface area is 207 Å². The molecule has 0 N–H and O–H groups in total. The third kappa shape index (κ3) is 4.70. The number of piperazine rings is 1. The van der Waals surface area contributed by atoms with Crippen LogP contribution in [0, 0.1) is 0 Å². The lowest BCUT2D eigenvalue weighted by Gasteiger charge is -2.39. The smallest absolute Gasteiger partial charge is 0.273 e. The van der Waals surface area contributed by atoms with E-state index >= 15 is 0 Å². The van der Waals surface area contributed by atoms with Crippen molar-refractivity contribution in [3.63, 3.8) is 0 Å². The zero-order valence-electron chi connectivity index (χ0n) is 21.1. The average molecular weight is 477 g/mol. The van der Waals surface area contributed by atoms with Gasteiger partial charge < -0.3 is 19.6 Å². The first kappa shape index (κ1) is 23.6. The molecule has 2 fully saturated rings. The number of fused-ring (bicyclic) bond motifs is 1. The number of anilines is 2. The summed E-state index contributed by atoms with van der Waals surface area (Å²) in [5.74, 6) is 1.64. The van der Waals surface area contributed by atoms with E-state index in [1.165, 1.54) is 12.0 Å². The maximum atomic E-state index is 13.4. The summed E-state index contributed by atoms with van der Waals surface area (Å²) in [5, 5.41) is 0. The highest BCUT2D eigenvalue weighted by molar-refractivity contribution is 5.98. The molecule has 4 heterocycles. The van der Waals surface area contributed by atoms with Crippen molar-refractivity contribution in [2.75, 3.05) is 42.5 Å². The standard InChI is InChI=1S/C27H36N6O2/c1-19(2)33-18-23-24(26(33)35)28-27(31-15-13-30(14-16-31)20(3)34)29-25(23)32-12-8-7-11-22(32)17-21-9-5-4-6-10-21/h4-6,9-10,19,22H,7-8,11-18H2,1-3H3. The molecule has 0 bridgehead atoms. The summed E-state index contributed by atoms with van der Waals surface area (Å²) < 4.78 is 0. The van der Waals surface area contributed by atoms with Crippen molar-refractivity contribution in [3.8, 4) is 0 Å². The quantitative estimate of drug-likeness (QED) is 0.660. The monoisotopic (exact) mass is 476 g/mol. The van der Waals surface area contributed by atoms with Gasteiger partial charge in [-0.25, -0.2) is 4.98 Å². The SMILES string of the molecule is CC(=O)N1CCN(c2nc3c(c(N4CCCCC4Cc4ccccc4)n2)CN(C(C)C)C3=O)CC1. The number of carbonyl (C=O) groups is 2. The van der Waals surface area contributed by atoms with Gasteiger partial charge in [0, 0.05) is 57.3 Å². The minimum Gasteiger partial charge on any atom is -0.353 e. The molecule has 186 valence electrons. The summed E-state index contributed by atoms with van der Waals surface area (Å²) in [5.41, 5.74) is 2.85. The van der Waals surface area contributed by atoms with Crippen LogP contribution in [0.2, 0.25) is 0 Å². The van der Waals surface area contributed by atoms with Gasteiger partial charge in [-0.1, -0.05) is 30.3 Å². The number of hydrogen-bond acceptors (Lipinski definition) is 6. The number of carbonyl (C=O) groups excluding carboxylic acids is 2. The fourth-order valence-corrected chi connectivity index (χ4v) is 5.56. The van der Waals surface area contributed by atoms with E-state index in [0.717, 1.165) is 37.2 Å². The van der Waals surface area contributed by atoms with Crippen LogP contribution in [0.15, 0.2) is 30.3 Å². The molecule has 1 atom stereocenters. The van der Waals surface area contributed by atoms with Gasteiger partial charge in [-0.05, 0) is 45.1 Å². The number of amides is 2. The van der Waals surface area contributed by atoms with Crippen molar-refractivity contribution < 1.29 is 9.59 Å². The van der Waals surface area contributed by atoms with E-state index in [4.69, 9.17) is 9.97 Å². The Morgan fingerprint density at radius 3 is 2.46 bits per heavy atom. The molecule has 1 aromatic heterocycles. The molecule has 3 aliphatic rings. The third-order valence-electron chi connectivity index (χ3n) is 7.61. The van der Waals surface area contributed by atoms with E-state index in [0.29, 0.717) is 50.4 Å². The lowest BCUT2D eigenvalue weighted by atomic mass is 9.95. The number of hydrogen-bond donors (Lipinski definition) is 0. The van der Waals surface area contributed by atoms with Crippen molar-refractivity contribution in [2.45, 2.75) is 65.1 Å². The Morgan fingerprint density at radius 2 is 1.77 bits per heavy atom. The van der Waals surface area contributed by atoms with Gasteiger partial charge in [-0.3, -0.25) is 9.59 Å². The Bertz CT molecular complexity index is 1080. The predicted octanol–water partition coefficient (Wildman–Crippen LogP) is 3.11. The summed E-state index contributed by atoms with van der Waals surface area (Å²) in [6, 6.07) is 11.1. The van der Waals surface area contributed by atoms with Gasteiger partial charge in [0.25, 0.3) is 5.91 Å². The fraction of sp³-hybridized carbons (Fsp3) is 0.556. The molecular formula is C27H36N6O2. The maximum Gasteiger partial charge on any atom is 0.273 e. The van der Waals surface area contributed by atoms with Crippen LogP contribution in [0.1, 0.15) is 61.6 Å². The third-order valence-corrected chi connectivity index (χ3v) is 7.61. The summed E-state index contributed by atoms with van der Waals surface area (Å²) in [6.07, 6.45) is 4.41. The van der Waals surface area contributed by atoms with Gasteiger partial charge >= 0.3 is 0 Å². The molecule has 5 rings (SSSR count). The number of nitrogens with zero attached hydrogens (tertiary/aromatic N) is 6. The molecule has 2 saturated heterocycles. The molecule has 2 amide bonds. The lowest BCUT2D eigenvalue weighted by molar-refractivity contribution is -0.129. The minimum absolute atomic E-state index is 0.00103. The summed E-state index contributed by atoms with van der Waals surface area (Å²) in [4.78, 5) is 43.5. The largest absolute Gasteiger partial charge is 0.353 e. The molecule has 0 radical (unpaired) electrons. The van der Waals surface area contributed by atoms with Gasteiger partial charge in [0.1, 0.15) is 11.5 Å². The zero-order valence-corrected chi connectivity index (χ0v) is 21.1. The number of aromatic nitrogens is 2. The average Bonchev–Trinajstić information content (AvgIpc) is 3.21. The van der Waals surface area contributed by atoms with E-state index in [1.54, 1.807) is 6.92 Å². The predicted molar refractivity (Wildman–Crippen MR) is 137 cm³/mol. The molecule has 8 heteroatoms. The Hall–Kier alpha value is -3.16. The van der Waals surface area contributed by atoms with Crippen LogP contribution in [0.5, 0.6) is 0 Å². The van der Waals surface area contributed by atoms with Crippen molar-refractivity contribution in [3.05, 3.63) is 47.2 Å². The van der Waals surface area contributed by atoms with Crippen molar-refractivity contribution >= 4 is 23.6 Å².